The van der Waals surface area contributed by atoms with Gasteiger partial charge in [-0.05, 0) is 18.6 Å². The molecule has 2 aromatic rings. The van der Waals surface area contributed by atoms with Gasteiger partial charge in [-0.25, -0.2) is 4.79 Å². The second-order valence-corrected chi connectivity index (χ2v) is 4.96. The van der Waals surface area contributed by atoms with Crippen LogP contribution in [-0.4, -0.2) is 47.2 Å². The predicted molar refractivity (Wildman–Crippen MR) is 76.1 cm³/mol. The van der Waals surface area contributed by atoms with Crippen LogP contribution >= 0.6 is 0 Å². The molecule has 1 atom stereocenters. The number of hydrogen-bond donors (Lipinski definition) is 3. The summed E-state index contributed by atoms with van der Waals surface area (Å²) in [4.78, 5) is 8.90. The number of H-pyrrole nitrogens is 1. The molecule has 0 radical (unpaired) electrons. The highest BCUT2D eigenvalue weighted by Crippen LogP contribution is 2.26. The number of carbonyl (C=O) groups is 1. The number of carboxylic acid groups (broad SMARTS) is 1. The number of carboxylic acids is 1. The highest BCUT2D eigenvalue weighted by atomic mass is 19.4. The molecule has 9 heteroatoms. The molecule has 1 fully saturated rings. The zero-order valence-electron chi connectivity index (χ0n) is 12.3. The molecule has 1 saturated heterocycles. The largest absolute Gasteiger partial charge is 0.490 e. The Kier molecular flexibility index (Phi) is 5.22. The molecular weight excluding hydrogens is 315 g/mol. The Morgan fingerprint density at radius 3 is 2.70 bits per heavy atom. The number of benzene rings is 1. The molecule has 0 aliphatic carbocycles. The van der Waals surface area contributed by atoms with Gasteiger partial charge < -0.3 is 15.2 Å². The molecule has 2 heterocycles. The molecule has 0 spiro atoms. The number of aryl methyl sites for hydroxylation is 1. The number of nitrogens with one attached hydrogen (secondary N) is 2. The van der Waals surface area contributed by atoms with Crippen LogP contribution in [0.25, 0.3) is 10.9 Å². The Hall–Kier alpha value is -2.13. The Labute approximate surface area is 129 Å². The minimum Gasteiger partial charge on any atom is -0.475 e. The molecule has 1 aromatic carbocycles. The Balaban J connectivity index is 0.000000236. The zero-order chi connectivity index (χ0) is 17.0. The first-order valence-corrected chi connectivity index (χ1v) is 6.85. The summed E-state index contributed by atoms with van der Waals surface area (Å²) in [6.07, 6.45) is -5.08. The van der Waals surface area contributed by atoms with Crippen molar-refractivity contribution in [1.82, 2.24) is 15.5 Å². The summed E-state index contributed by atoms with van der Waals surface area (Å²) in [6.45, 7) is 4.49. The first-order valence-electron chi connectivity index (χ1n) is 6.85. The normalized spacial score (nSPS) is 18.3. The van der Waals surface area contributed by atoms with Gasteiger partial charge in [0.2, 0.25) is 0 Å². The van der Waals surface area contributed by atoms with E-state index in [-0.39, 0.29) is 6.04 Å². The van der Waals surface area contributed by atoms with E-state index in [1.54, 1.807) is 0 Å². The Bertz CT molecular complexity index is 679. The molecule has 1 unspecified atom stereocenters. The number of nitrogens with zero attached hydrogens (tertiary/aromatic N) is 1. The standard InChI is InChI=1S/C12H15N3O.C2HF3O2/c1-8-12-9(11-7-16-6-5-13-11)3-2-4-10(12)15-14-8;3-2(4,5)1(6)7/h2-4,11,13H,5-7H2,1H3,(H,14,15);(H,6,7). The van der Waals surface area contributed by atoms with E-state index in [2.05, 4.69) is 33.7 Å². The number of fused-ring (bicyclic) bond motifs is 1. The van der Waals surface area contributed by atoms with Crippen molar-refractivity contribution in [3.63, 3.8) is 0 Å². The highest BCUT2D eigenvalue weighted by Gasteiger charge is 2.38. The van der Waals surface area contributed by atoms with Crippen molar-refractivity contribution in [1.29, 1.82) is 0 Å². The lowest BCUT2D eigenvalue weighted by Crippen LogP contribution is -2.34. The molecule has 1 aliphatic rings. The summed E-state index contributed by atoms with van der Waals surface area (Å²) in [7, 11) is 0. The van der Waals surface area contributed by atoms with Crippen molar-refractivity contribution in [3.05, 3.63) is 29.5 Å². The third kappa shape index (κ3) is 4.20. The summed E-state index contributed by atoms with van der Waals surface area (Å²) in [5.74, 6) is -2.76. The van der Waals surface area contributed by atoms with E-state index in [0.717, 1.165) is 31.0 Å². The maximum Gasteiger partial charge on any atom is 0.490 e. The number of aromatic amines is 1. The van der Waals surface area contributed by atoms with E-state index < -0.39 is 12.1 Å². The van der Waals surface area contributed by atoms with E-state index in [4.69, 9.17) is 14.6 Å². The Morgan fingerprint density at radius 1 is 1.43 bits per heavy atom. The summed E-state index contributed by atoms with van der Waals surface area (Å²) in [5.41, 5.74) is 3.43. The molecule has 1 aliphatic heterocycles. The van der Waals surface area contributed by atoms with Gasteiger partial charge in [0.25, 0.3) is 0 Å². The van der Waals surface area contributed by atoms with Gasteiger partial charge in [0.1, 0.15) is 0 Å². The van der Waals surface area contributed by atoms with Crippen LogP contribution in [0.2, 0.25) is 0 Å². The van der Waals surface area contributed by atoms with Crippen LogP contribution in [0.4, 0.5) is 13.2 Å². The van der Waals surface area contributed by atoms with Crippen molar-refractivity contribution in [2.24, 2.45) is 0 Å². The highest BCUT2D eigenvalue weighted by molar-refractivity contribution is 5.85. The summed E-state index contributed by atoms with van der Waals surface area (Å²) >= 11 is 0. The predicted octanol–water partition coefficient (Wildman–Crippen LogP) is 2.17. The second kappa shape index (κ2) is 6.97. The van der Waals surface area contributed by atoms with Gasteiger partial charge in [-0.15, -0.1) is 0 Å². The van der Waals surface area contributed by atoms with Crippen molar-refractivity contribution < 1.29 is 27.8 Å². The maximum absolute atomic E-state index is 10.6. The summed E-state index contributed by atoms with van der Waals surface area (Å²) in [5, 5.41) is 19.1. The van der Waals surface area contributed by atoms with Gasteiger partial charge in [0.05, 0.1) is 30.5 Å². The quantitative estimate of drug-likeness (QED) is 0.745. The maximum atomic E-state index is 10.6. The van der Waals surface area contributed by atoms with Crippen LogP contribution in [0.15, 0.2) is 18.2 Å². The smallest absolute Gasteiger partial charge is 0.475 e. The minimum absolute atomic E-state index is 0.286. The van der Waals surface area contributed by atoms with E-state index >= 15 is 0 Å². The number of rotatable bonds is 1. The fourth-order valence-electron chi connectivity index (χ4n) is 2.32. The molecule has 0 bridgehead atoms. The molecule has 6 nitrogen and oxygen atoms in total. The SMILES string of the molecule is Cc1n[nH]c2cccc(C3COCCN3)c12.O=C(O)C(F)(F)F. The van der Waals surface area contributed by atoms with E-state index in [1.807, 2.05) is 6.92 Å². The number of morpholine rings is 1. The minimum atomic E-state index is -5.08. The van der Waals surface area contributed by atoms with E-state index in [9.17, 15) is 13.2 Å². The first kappa shape index (κ1) is 17.2. The van der Waals surface area contributed by atoms with Crippen molar-refractivity contribution in [2.75, 3.05) is 19.8 Å². The van der Waals surface area contributed by atoms with Crippen LogP contribution in [0.5, 0.6) is 0 Å². The molecular formula is C14H16F3N3O3. The average Bonchev–Trinajstić information content (AvgIpc) is 2.89. The number of halogens is 3. The fraction of sp³-hybridized carbons (Fsp3) is 0.429. The lowest BCUT2D eigenvalue weighted by atomic mass is 10.0. The van der Waals surface area contributed by atoms with Crippen LogP contribution in [0.3, 0.4) is 0 Å². The zero-order valence-corrected chi connectivity index (χ0v) is 12.3. The molecule has 0 amide bonds. The second-order valence-electron chi connectivity index (χ2n) is 4.96. The van der Waals surface area contributed by atoms with E-state index in [1.165, 1.54) is 10.9 Å². The molecule has 23 heavy (non-hydrogen) atoms. The van der Waals surface area contributed by atoms with Crippen molar-refractivity contribution >= 4 is 16.9 Å². The number of alkyl halides is 3. The van der Waals surface area contributed by atoms with Gasteiger partial charge in [-0.2, -0.15) is 18.3 Å². The monoisotopic (exact) mass is 331 g/mol. The lowest BCUT2D eigenvalue weighted by molar-refractivity contribution is -0.192. The third-order valence-corrected chi connectivity index (χ3v) is 3.34. The van der Waals surface area contributed by atoms with Gasteiger partial charge in [-0.1, -0.05) is 12.1 Å². The molecule has 126 valence electrons. The topological polar surface area (TPSA) is 87.2 Å². The number of ether oxygens (including phenoxy) is 1. The third-order valence-electron chi connectivity index (χ3n) is 3.34. The van der Waals surface area contributed by atoms with E-state index in [0.29, 0.717) is 0 Å². The summed E-state index contributed by atoms with van der Waals surface area (Å²) < 4.78 is 37.2. The Morgan fingerprint density at radius 2 is 2.13 bits per heavy atom. The van der Waals surface area contributed by atoms with Crippen LogP contribution < -0.4 is 5.32 Å². The van der Waals surface area contributed by atoms with Gasteiger partial charge in [-0.3, -0.25) is 5.10 Å². The van der Waals surface area contributed by atoms with Crippen molar-refractivity contribution in [2.45, 2.75) is 19.1 Å². The first-order chi connectivity index (χ1) is 10.8. The van der Waals surface area contributed by atoms with Crippen LogP contribution in [0.1, 0.15) is 17.3 Å². The molecule has 3 rings (SSSR count). The van der Waals surface area contributed by atoms with Crippen molar-refractivity contribution in [3.8, 4) is 0 Å². The number of aliphatic carboxylic acids is 1. The van der Waals surface area contributed by atoms with Crippen LogP contribution in [0, 0.1) is 6.92 Å². The molecule has 3 N–H and O–H groups in total. The summed E-state index contributed by atoms with van der Waals surface area (Å²) in [6, 6.07) is 6.56. The number of aromatic nitrogens is 2. The van der Waals surface area contributed by atoms with Gasteiger partial charge >= 0.3 is 12.1 Å². The van der Waals surface area contributed by atoms with Gasteiger partial charge in [0, 0.05) is 11.9 Å². The fourth-order valence-corrected chi connectivity index (χ4v) is 2.32. The van der Waals surface area contributed by atoms with Gasteiger partial charge in [0.15, 0.2) is 0 Å². The number of hydrogen-bond acceptors (Lipinski definition) is 4. The lowest BCUT2D eigenvalue weighted by Gasteiger charge is -2.24. The van der Waals surface area contributed by atoms with Crippen LogP contribution in [-0.2, 0) is 9.53 Å². The molecule has 0 saturated carbocycles. The molecule has 1 aromatic heterocycles. The average molecular weight is 331 g/mol.